The van der Waals surface area contributed by atoms with Crippen molar-refractivity contribution < 1.29 is 9.53 Å². The molecule has 0 saturated carbocycles. The summed E-state index contributed by atoms with van der Waals surface area (Å²) < 4.78 is 5.51. The second kappa shape index (κ2) is 8.17. The van der Waals surface area contributed by atoms with Crippen molar-refractivity contribution in [2.24, 2.45) is 0 Å². The number of hydrogen-bond donors (Lipinski definition) is 2. The second-order valence-electron chi connectivity index (χ2n) is 3.82. The van der Waals surface area contributed by atoms with E-state index in [1.165, 1.54) is 0 Å². The Bertz CT molecular complexity index is 391. The highest BCUT2D eigenvalue weighted by atomic mass is 16.5. The smallest absolute Gasteiger partial charge is 0.239 e. The molecule has 0 fully saturated rings. The summed E-state index contributed by atoms with van der Waals surface area (Å²) in [5.74, 6) is 0.753. The Labute approximate surface area is 108 Å². The maximum absolute atomic E-state index is 11.4. The largest absolute Gasteiger partial charge is 0.494 e. The molecule has 0 aliphatic heterocycles. The van der Waals surface area contributed by atoms with E-state index in [1.54, 1.807) is 6.08 Å². The monoisotopic (exact) mass is 248 g/mol. The molecule has 1 aromatic carbocycles. The van der Waals surface area contributed by atoms with Crippen LogP contribution in [0.4, 0.5) is 5.69 Å². The number of benzene rings is 1. The fourth-order valence-corrected chi connectivity index (χ4v) is 1.35. The predicted octanol–water partition coefficient (Wildman–Crippen LogP) is 2.19. The van der Waals surface area contributed by atoms with Crippen molar-refractivity contribution >= 4 is 11.6 Å². The van der Waals surface area contributed by atoms with Crippen LogP contribution < -0.4 is 15.4 Å². The van der Waals surface area contributed by atoms with Gasteiger partial charge in [-0.3, -0.25) is 4.79 Å². The number of amides is 1. The summed E-state index contributed by atoms with van der Waals surface area (Å²) in [6, 6.07) is 7.59. The molecule has 0 aliphatic carbocycles. The van der Waals surface area contributed by atoms with Gasteiger partial charge in [0.25, 0.3) is 0 Å². The molecule has 0 saturated heterocycles. The number of ether oxygens (including phenoxy) is 1. The zero-order chi connectivity index (χ0) is 13.2. The van der Waals surface area contributed by atoms with E-state index in [0.717, 1.165) is 17.9 Å². The van der Waals surface area contributed by atoms with Crippen LogP contribution in [0.2, 0.25) is 0 Å². The molecule has 1 rings (SSSR count). The molecule has 0 aromatic heterocycles. The highest BCUT2D eigenvalue weighted by molar-refractivity contribution is 5.80. The lowest BCUT2D eigenvalue weighted by atomic mass is 10.3. The van der Waals surface area contributed by atoms with Crippen molar-refractivity contribution in [1.29, 1.82) is 0 Å². The minimum atomic E-state index is -0.0604. The van der Waals surface area contributed by atoms with E-state index in [-0.39, 0.29) is 12.5 Å². The lowest BCUT2D eigenvalue weighted by Gasteiger charge is -2.09. The molecule has 1 aromatic rings. The van der Waals surface area contributed by atoms with E-state index in [4.69, 9.17) is 4.74 Å². The second-order valence-corrected chi connectivity index (χ2v) is 3.82. The van der Waals surface area contributed by atoms with Crippen LogP contribution >= 0.6 is 0 Å². The minimum Gasteiger partial charge on any atom is -0.494 e. The van der Waals surface area contributed by atoms with Gasteiger partial charge in [0.1, 0.15) is 5.75 Å². The van der Waals surface area contributed by atoms with Crippen molar-refractivity contribution in [2.45, 2.75) is 13.3 Å². The molecule has 98 valence electrons. The number of hydrogen-bond acceptors (Lipinski definition) is 3. The minimum absolute atomic E-state index is 0.0604. The maximum atomic E-state index is 11.4. The Balaban J connectivity index is 2.41. The van der Waals surface area contributed by atoms with Gasteiger partial charge in [-0.2, -0.15) is 0 Å². The Hall–Kier alpha value is -1.97. The van der Waals surface area contributed by atoms with Crippen molar-refractivity contribution in [3.8, 4) is 5.75 Å². The summed E-state index contributed by atoms with van der Waals surface area (Å²) in [7, 11) is 0. The third kappa shape index (κ3) is 5.39. The molecule has 0 radical (unpaired) electrons. The highest BCUT2D eigenvalue weighted by Gasteiger charge is 2.00. The predicted molar refractivity (Wildman–Crippen MR) is 73.9 cm³/mol. The van der Waals surface area contributed by atoms with Crippen LogP contribution in [0, 0.1) is 0 Å². The number of carbonyl (C=O) groups excluding carboxylic acids is 1. The maximum Gasteiger partial charge on any atom is 0.239 e. The molecule has 4 heteroatoms. The van der Waals surface area contributed by atoms with Gasteiger partial charge < -0.3 is 15.4 Å². The van der Waals surface area contributed by atoms with Crippen LogP contribution in [-0.2, 0) is 4.79 Å². The van der Waals surface area contributed by atoms with E-state index < -0.39 is 0 Å². The number of nitrogens with one attached hydrogen (secondary N) is 2. The van der Waals surface area contributed by atoms with E-state index in [1.807, 2.05) is 24.3 Å². The average molecular weight is 248 g/mol. The Morgan fingerprint density at radius 1 is 1.50 bits per heavy atom. The van der Waals surface area contributed by atoms with Crippen molar-refractivity contribution in [1.82, 2.24) is 5.32 Å². The van der Waals surface area contributed by atoms with Gasteiger partial charge in [0.15, 0.2) is 0 Å². The molecule has 4 nitrogen and oxygen atoms in total. The SMILES string of the molecule is C=CCNC(=O)CNc1cccc(OCCC)c1. The molecule has 1 amide bonds. The molecule has 0 spiro atoms. The van der Waals surface area contributed by atoms with E-state index >= 15 is 0 Å². The van der Waals surface area contributed by atoms with E-state index in [9.17, 15) is 4.79 Å². The summed E-state index contributed by atoms with van der Waals surface area (Å²) in [4.78, 5) is 11.4. The van der Waals surface area contributed by atoms with Crippen molar-refractivity contribution in [3.05, 3.63) is 36.9 Å². The van der Waals surface area contributed by atoms with Crippen LogP contribution in [0.3, 0.4) is 0 Å². The quantitative estimate of drug-likeness (QED) is 0.693. The first-order valence-corrected chi connectivity index (χ1v) is 6.10. The van der Waals surface area contributed by atoms with Crippen LogP contribution in [-0.4, -0.2) is 25.6 Å². The molecule has 0 unspecified atom stereocenters. The Kier molecular flexibility index (Phi) is 6.40. The topological polar surface area (TPSA) is 50.4 Å². The van der Waals surface area contributed by atoms with Gasteiger partial charge in [-0.15, -0.1) is 6.58 Å². The number of anilines is 1. The molecular weight excluding hydrogens is 228 g/mol. The molecule has 2 N–H and O–H groups in total. The van der Waals surface area contributed by atoms with Gasteiger partial charge in [0, 0.05) is 18.3 Å². The first-order chi connectivity index (χ1) is 8.76. The summed E-state index contributed by atoms with van der Waals surface area (Å²) >= 11 is 0. The van der Waals surface area contributed by atoms with Gasteiger partial charge >= 0.3 is 0 Å². The van der Waals surface area contributed by atoms with Gasteiger partial charge in [-0.05, 0) is 18.6 Å². The summed E-state index contributed by atoms with van der Waals surface area (Å²) in [6.07, 6.45) is 2.62. The van der Waals surface area contributed by atoms with Gasteiger partial charge in [-0.1, -0.05) is 19.1 Å². The van der Waals surface area contributed by atoms with Crippen molar-refractivity contribution in [2.75, 3.05) is 25.0 Å². The lowest BCUT2D eigenvalue weighted by molar-refractivity contribution is -0.119. The average Bonchev–Trinajstić information content (AvgIpc) is 2.41. The van der Waals surface area contributed by atoms with Gasteiger partial charge in [-0.25, -0.2) is 0 Å². The molecule has 0 aliphatic rings. The first kappa shape index (κ1) is 14.1. The fourth-order valence-electron chi connectivity index (χ4n) is 1.35. The lowest BCUT2D eigenvalue weighted by Crippen LogP contribution is -2.29. The Morgan fingerprint density at radius 2 is 2.33 bits per heavy atom. The summed E-state index contributed by atoms with van der Waals surface area (Å²) in [5, 5.41) is 5.74. The third-order valence-electron chi connectivity index (χ3n) is 2.20. The van der Waals surface area contributed by atoms with Gasteiger partial charge in [0.05, 0.1) is 13.2 Å². The zero-order valence-electron chi connectivity index (χ0n) is 10.7. The molecule has 0 bridgehead atoms. The van der Waals surface area contributed by atoms with E-state index in [0.29, 0.717) is 13.2 Å². The number of rotatable bonds is 8. The van der Waals surface area contributed by atoms with Crippen LogP contribution in [0.15, 0.2) is 36.9 Å². The van der Waals surface area contributed by atoms with Crippen LogP contribution in [0.25, 0.3) is 0 Å². The fraction of sp³-hybridized carbons (Fsp3) is 0.357. The number of carbonyl (C=O) groups is 1. The summed E-state index contributed by atoms with van der Waals surface area (Å²) in [6.45, 7) is 7.03. The zero-order valence-corrected chi connectivity index (χ0v) is 10.7. The third-order valence-corrected chi connectivity index (χ3v) is 2.20. The molecule has 18 heavy (non-hydrogen) atoms. The molecular formula is C14H20N2O2. The highest BCUT2D eigenvalue weighted by Crippen LogP contribution is 2.17. The van der Waals surface area contributed by atoms with E-state index in [2.05, 4.69) is 24.1 Å². The summed E-state index contributed by atoms with van der Waals surface area (Å²) in [5.41, 5.74) is 0.873. The standard InChI is InChI=1S/C14H20N2O2/c1-3-8-15-14(17)11-16-12-6-5-7-13(10-12)18-9-4-2/h3,5-7,10,16H,1,4,8-9,11H2,2H3,(H,15,17). The Morgan fingerprint density at radius 3 is 3.06 bits per heavy atom. The van der Waals surface area contributed by atoms with Crippen LogP contribution in [0.1, 0.15) is 13.3 Å². The molecule has 0 atom stereocenters. The van der Waals surface area contributed by atoms with Crippen LogP contribution in [0.5, 0.6) is 5.75 Å². The normalized spacial score (nSPS) is 9.61. The van der Waals surface area contributed by atoms with Gasteiger partial charge in [0.2, 0.25) is 5.91 Å². The van der Waals surface area contributed by atoms with Crippen molar-refractivity contribution in [3.63, 3.8) is 0 Å². The molecule has 0 heterocycles. The first-order valence-electron chi connectivity index (χ1n) is 6.10.